The van der Waals surface area contributed by atoms with E-state index in [0.717, 1.165) is 0 Å². The van der Waals surface area contributed by atoms with Gasteiger partial charge in [0.25, 0.3) is 0 Å². The first kappa shape index (κ1) is 9.95. The predicted octanol–water partition coefficient (Wildman–Crippen LogP) is -0.574. The molecule has 1 rings (SSSR count). The molecule has 0 amide bonds. The Kier molecular flexibility index (Phi) is 3.91. The molecule has 0 radical (unpaired) electrons. The Morgan fingerprint density at radius 2 is 1.83 bits per heavy atom. The van der Waals surface area contributed by atoms with Crippen molar-refractivity contribution < 1.29 is 10.1 Å². The molecule has 0 aliphatic rings. The minimum atomic E-state index is -1.75. The number of nitrogens with two attached hydrogens (primary N) is 2. The van der Waals surface area contributed by atoms with Crippen molar-refractivity contribution in [3.8, 4) is 0 Å². The maximum Gasteiger partial charge on any atom is 0.192 e. The second kappa shape index (κ2) is 4.72. The number of nitrogen functional groups attached to an aromatic ring is 2. The summed E-state index contributed by atoms with van der Waals surface area (Å²) in [5.74, 6) is 0. The zero-order valence-electron chi connectivity index (χ0n) is 6.06. The number of pyridine rings is 1. The van der Waals surface area contributed by atoms with E-state index in [1.54, 1.807) is 18.5 Å². The van der Waals surface area contributed by atoms with Gasteiger partial charge in [0.1, 0.15) is 5.69 Å². The molecule has 66 valence electrons. The normalized spacial score (nSPS) is 8.00. The lowest BCUT2D eigenvalue weighted by atomic mass is 10.4. The second-order valence-corrected chi connectivity index (χ2v) is 1.78. The first-order chi connectivity index (χ1) is 5.54. The van der Waals surface area contributed by atoms with Crippen molar-refractivity contribution in [1.82, 2.24) is 0 Å². The van der Waals surface area contributed by atoms with Gasteiger partial charge in [0, 0.05) is 6.07 Å². The van der Waals surface area contributed by atoms with Crippen LogP contribution in [0.2, 0.25) is 0 Å². The molecule has 1 heterocycles. The average molecular weight is 172 g/mol. The van der Waals surface area contributed by atoms with Crippen molar-refractivity contribution in [2.75, 3.05) is 11.5 Å². The van der Waals surface area contributed by atoms with E-state index >= 15 is 0 Å². The van der Waals surface area contributed by atoms with E-state index in [2.05, 4.69) is 4.98 Å². The Balaban J connectivity index is 0.000000261. The van der Waals surface area contributed by atoms with Gasteiger partial charge in [0.2, 0.25) is 0 Å². The van der Waals surface area contributed by atoms with Crippen LogP contribution in [0.25, 0.3) is 0 Å². The zero-order chi connectivity index (χ0) is 9.56. The van der Waals surface area contributed by atoms with Gasteiger partial charge in [-0.3, -0.25) is 0 Å². The van der Waals surface area contributed by atoms with Crippen LogP contribution in [0.3, 0.4) is 0 Å². The van der Waals surface area contributed by atoms with E-state index in [-0.39, 0.29) is 0 Å². The van der Waals surface area contributed by atoms with E-state index in [4.69, 9.17) is 26.8 Å². The summed E-state index contributed by atoms with van der Waals surface area (Å²) in [5.41, 5.74) is 11.9. The lowest BCUT2D eigenvalue weighted by Gasteiger charge is -1.89. The maximum atomic E-state index is 8.25. The largest absolute Gasteiger partial charge is 0.397 e. The fraction of sp³-hybridized carbons (Fsp3) is 0. The van der Waals surface area contributed by atoms with Gasteiger partial charge in [0.15, 0.2) is 12.4 Å². The summed E-state index contributed by atoms with van der Waals surface area (Å²) >= 11 is 0. The van der Waals surface area contributed by atoms with Crippen LogP contribution in [0, 0.1) is 15.3 Å². The molecule has 0 fully saturated rings. The minimum absolute atomic E-state index is 0.590. The first-order valence-corrected chi connectivity index (χ1v) is 2.86. The Morgan fingerprint density at radius 3 is 2.08 bits per heavy atom. The quantitative estimate of drug-likeness (QED) is 0.399. The number of aromatic amines is 1. The molecule has 7 nitrogen and oxygen atoms in total. The van der Waals surface area contributed by atoms with Crippen LogP contribution >= 0.6 is 0 Å². The number of hydrogen-bond donors (Lipinski definition) is 2. The van der Waals surface area contributed by atoms with Crippen LogP contribution in [0.15, 0.2) is 18.5 Å². The van der Waals surface area contributed by atoms with Crippen LogP contribution in [0.1, 0.15) is 0 Å². The molecule has 1 aromatic rings. The monoisotopic (exact) mass is 172 g/mol. The van der Waals surface area contributed by atoms with Gasteiger partial charge >= 0.3 is 0 Å². The van der Waals surface area contributed by atoms with Gasteiger partial charge in [-0.2, -0.15) is 0 Å². The summed E-state index contributed by atoms with van der Waals surface area (Å²) in [4.78, 5) is 11.0. The molecule has 0 spiro atoms. The van der Waals surface area contributed by atoms with E-state index in [1.165, 1.54) is 0 Å². The van der Waals surface area contributed by atoms with Gasteiger partial charge in [-0.15, -0.1) is 0 Å². The summed E-state index contributed by atoms with van der Waals surface area (Å²) in [5, 5.41) is 14.8. The van der Waals surface area contributed by atoms with E-state index < -0.39 is 5.09 Å². The Bertz CT molecular complexity index is 240. The molecule has 0 bridgehead atoms. The summed E-state index contributed by atoms with van der Waals surface area (Å²) in [7, 11) is 0. The van der Waals surface area contributed by atoms with Crippen molar-refractivity contribution in [2.24, 2.45) is 0 Å². The number of nitrogens with one attached hydrogen (secondary N) is 1. The van der Waals surface area contributed by atoms with Crippen molar-refractivity contribution in [1.29, 1.82) is 0 Å². The van der Waals surface area contributed by atoms with Gasteiger partial charge in [-0.1, -0.05) is 0 Å². The molecule has 5 N–H and O–H groups in total. The van der Waals surface area contributed by atoms with Gasteiger partial charge < -0.3 is 26.8 Å². The lowest BCUT2D eigenvalue weighted by Crippen LogP contribution is -2.04. The first-order valence-electron chi connectivity index (χ1n) is 2.86. The Hall–Kier alpha value is -2.05. The van der Waals surface area contributed by atoms with Gasteiger partial charge in [0.05, 0.1) is 10.8 Å². The smallest absolute Gasteiger partial charge is 0.192 e. The third kappa shape index (κ3) is 4.79. The molecule has 0 atom stereocenters. The van der Waals surface area contributed by atoms with E-state index in [9.17, 15) is 0 Å². The highest BCUT2D eigenvalue weighted by molar-refractivity contribution is 5.59. The van der Waals surface area contributed by atoms with Gasteiger partial charge in [-0.25, -0.2) is 4.98 Å². The number of anilines is 2. The number of H-pyrrole nitrogens is 1. The third-order valence-electron chi connectivity index (χ3n) is 0.931. The van der Waals surface area contributed by atoms with Gasteiger partial charge in [-0.05, 0) is 0 Å². The standard InChI is InChI=1S/C5H7N3.NO3/c6-4-1-2-8-3-5(4)7;2-1(3)4/h1-3H,7H2,(H2,6,8);/q;-1/p+1. The number of rotatable bonds is 0. The van der Waals surface area contributed by atoms with Crippen LogP contribution < -0.4 is 16.5 Å². The highest BCUT2D eigenvalue weighted by Gasteiger charge is 1.91. The molecule has 1 aromatic heterocycles. The summed E-state index contributed by atoms with van der Waals surface area (Å²) < 4.78 is 0. The fourth-order valence-electron chi connectivity index (χ4n) is 0.455. The number of nitrogens with zero attached hydrogens (tertiary/aromatic N) is 1. The fourth-order valence-corrected chi connectivity index (χ4v) is 0.455. The van der Waals surface area contributed by atoms with Crippen molar-refractivity contribution in [3.05, 3.63) is 33.8 Å². The molecule has 0 aliphatic carbocycles. The highest BCUT2D eigenvalue weighted by Crippen LogP contribution is 2.06. The van der Waals surface area contributed by atoms with Crippen LogP contribution in [0.5, 0.6) is 0 Å². The van der Waals surface area contributed by atoms with Crippen molar-refractivity contribution in [3.63, 3.8) is 0 Å². The molecular formula is C5H8N4O3. The minimum Gasteiger partial charge on any atom is -0.397 e. The van der Waals surface area contributed by atoms with E-state index in [0.29, 0.717) is 11.4 Å². The Labute approximate surface area is 67.7 Å². The number of hydrogen-bond acceptors (Lipinski definition) is 5. The topological polar surface area (TPSA) is 132 Å². The van der Waals surface area contributed by atoms with Crippen LogP contribution in [-0.4, -0.2) is 5.09 Å². The molecule has 12 heavy (non-hydrogen) atoms. The molecule has 7 heteroatoms. The maximum absolute atomic E-state index is 8.25. The SMILES string of the molecule is Nc1cc[nH+]cc1N.O=[N+]([O-])[O-]. The summed E-state index contributed by atoms with van der Waals surface area (Å²) in [6.45, 7) is 0. The molecule has 0 unspecified atom stereocenters. The predicted molar refractivity (Wildman–Crippen MR) is 42.2 cm³/mol. The third-order valence-corrected chi connectivity index (χ3v) is 0.931. The second-order valence-electron chi connectivity index (χ2n) is 1.78. The summed E-state index contributed by atoms with van der Waals surface area (Å²) in [6.07, 6.45) is 3.38. The summed E-state index contributed by atoms with van der Waals surface area (Å²) in [6, 6.07) is 1.72. The van der Waals surface area contributed by atoms with Crippen LogP contribution in [0.4, 0.5) is 11.4 Å². The van der Waals surface area contributed by atoms with Crippen LogP contribution in [-0.2, 0) is 0 Å². The van der Waals surface area contributed by atoms with E-state index in [1.807, 2.05) is 0 Å². The Morgan fingerprint density at radius 1 is 1.33 bits per heavy atom. The van der Waals surface area contributed by atoms with Crippen molar-refractivity contribution in [2.45, 2.75) is 0 Å². The molecule has 0 saturated carbocycles. The molecular weight excluding hydrogens is 164 g/mol. The molecule has 0 saturated heterocycles. The number of aromatic nitrogens is 1. The lowest BCUT2D eigenvalue weighted by molar-refractivity contribution is -0.402. The molecule has 0 aliphatic heterocycles. The molecule has 0 aromatic carbocycles. The highest BCUT2D eigenvalue weighted by atomic mass is 16.9. The average Bonchev–Trinajstić information content (AvgIpc) is 1.94. The zero-order valence-corrected chi connectivity index (χ0v) is 6.06. The van der Waals surface area contributed by atoms with Crippen molar-refractivity contribution >= 4 is 11.4 Å².